The number of nitrogens with one attached hydrogen (secondary N) is 1. The van der Waals surface area contributed by atoms with E-state index in [1.165, 1.54) is 0 Å². The van der Waals surface area contributed by atoms with Crippen LogP contribution in [-0.4, -0.2) is 61.2 Å². The summed E-state index contributed by atoms with van der Waals surface area (Å²) in [6.45, 7) is 1.84. The molecule has 0 saturated carbocycles. The first-order chi connectivity index (χ1) is 14.1. The third-order valence-electron chi connectivity index (χ3n) is 5.07. The summed E-state index contributed by atoms with van der Waals surface area (Å²) >= 11 is 0. The van der Waals surface area contributed by atoms with Crippen molar-refractivity contribution in [3.05, 3.63) is 36.4 Å². The number of nitrogens with zero attached hydrogens (tertiary/aromatic N) is 6. The number of pyridine rings is 1. The Morgan fingerprint density at radius 3 is 2.86 bits per heavy atom. The number of hydrogen-bond acceptors (Lipinski definition) is 6. The highest BCUT2D eigenvalue weighted by Crippen LogP contribution is 2.27. The number of aryl methyl sites for hydroxylation is 2. The van der Waals surface area contributed by atoms with Gasteiger partial charge in [-0.3, -0.25) is 0 Å². The van der Waals surface area contributed by atoms with E-state index in [2.05, 4.69) is 20.4 Å². The number of aromatic nitrogens is 6. The molecule has 0 atom stereocenters. The normalized spacial score (nSPS) is 15.7. The lowest BCUT2D eigenvalue weighted by Crippen LogP contribution is -2.50. The number of imidazole rings is 1. The zero-order valence-corrected chi connectivity index (χ0v) is 15.8. The molecule has 150 valence electrons. The van der Waals surface area contributed by atoms with Crippen LogP contribution in [0, 0.1) is 6.92 Å². The third kappa shape index (κ3) is 3.09. The third-order valence-corrected chi connectivity index (χ3v) is 5.07. The Bertz CT molecular complexity index is 1200. The van der Waals surface area contributed by atoms with E-state index in [4.69, 9.17) is 9.72 Å². The summed E-state index contributed by atoms with van der Waals surface area (Å²) in [6.07, 6.45) is 3.47. The molecule has 0 aromatic carbocycles. The fourth-order valence-electron chi connectivity index (χ4n) is 3.48. The first-order valence-corrected chi connectivity index (χ1v) is 9.31. The van der Waals surface area contributed by atoms with Crippen molar-refractivity contribution >= 4 is 22.6 Å². The molecule has 0 spiro atoms. The molecule has 4 aromatic rings. The van der Waals surface area contributed by atoms with E-state index < -0.39 is 12.3 Å². The second kappa shape index (κ2) is 6.73. The van der Waals surface area contributed by atoms with Crippen LogP contribution in [0.4, 0.5) is 14.7 Å². The molecule has 0 amide bonds. The van der Waals surface area contributed by atoms with Crippen LogP contribution in [0.5, 0.6) is 0 Å². The molecule has 0 unspecified atom stereocenters. The first kappa shape index (κ1) is 17.9. The minimum Gasteiger partial charge on any atom is -0.374 e. The lowest BCUT2D eigenvalue weighted by atomic mass is 10.1. The maximum Gasteiger partial charge on any atom is 0.241 e. The van der Waals surface area contributed by atoms with E-state index in [1.807, 2.05) is 25.1 Å². The van der Waals surface area contributed by atoms with Gasteiger partial charge in [-0.1, -0.05) is 0 Å². The van der Waals surface area contributed by atoms with Gasteiger partial charge >= 0.3 is 0 Å². The van der Waals surface area contributed by atoms with Gasteiger partial charge in [-0.25, -0.2) is 28.2 Å². The van der Waals surface area contributed by atoms with Gasteiger partial charge in [0.1, 0.15) is 18.0 Å². The van der Waals surface area contributed by atoms with Gasteiger partial charge in [0.25, 0.3) is 0 Å². The molecule has 8 nitrogen and oxygen atoms in total. The molecule has 5 rings (SSSR count). The van der Waals surface area contributed by atoms with Gasteiger partial charge in [0.05, 0.1) is 43.7 Å². The minimum atomic E-state index is -1.36. The van der Waals surface area contributed by atoms with E-state index in [9.17, 15) is 8.78 Å². The quantitative estimate of drug-likeness (QED) is 0.537. The summed E-state index contributed by atoms with van der Waals surface area (Å²) in [5, 5.41) is 7.30. The molecule has 0 bridgehead atoms. The fraction of sp³-hybridized carbons (Fsp3) is 0.368. The standard InChI is InChI=1S/C19H19F2N7O/c1-12-24-15-3-2-14(25-17(15)27(12)7-5-20)13-4-6-28-16(13)8-22-18(26-28)23-9-19(21)10-29-11-19/h2-4,6,8H,5,7,9-11H2,1H3,(H,23,26). The number of hydrogen-bond donors (Lipinski definition) is 1. The van der Waals surface area contributed by atoms with Crippen molar-refractivity contribution in [3.8, 4) is 11.3 Å². The molecule has 1 saturated heterocycles. The van der Waals surface area contributed by atoms with Crippen LogP contribution < -0.4 is 5.32 Å². The molecule has 1 aliphatic heterocycles. The topological polar surface area (TPSA) is 82.2 Å². The van der Waals surface area contributed by atoms with Gasteiger partial charge in [-0.15, -0.1) is 5.10 Å². The second-order valence-electron chi connectivity index (χ2n) is 7.18. The number of ether oxygens (including phenoxy) is 1. The number of anilines is 1. The molecule has 5 heterocycles. The van der Waals surface area contributed by atoms with E-state index >= 15 is 0 Å². The van der Waals surface area contributed by atoms with E-state index in [-0.39, 0.29) is 26.3 Å². The Balaban J connectivity index is 1.47. The van der Waals surface area contributed by atoms with Crippen molar-refractivity contribution in [1.29, 1.82) is 0 Å². The van der Waals surface area contributed by atoms with Crippen LogP contribution in [0.2, 0.25) is 0 Å². The average Bonchev–Trinajstić information content (AvgIpc) is 3.25. The largest absolute Gasteiger partial charge is 0.374 e. The van der Waals surface area contributed by atoms with Gasteiger partial charge in [0, 0.05) is 11.8 Å². The summed E-state index contributed by atoms with van der Waals surface area (Å²) in [5.74, 6) is 1.06. The SMILES string of the molecule is Cc1nc2ccc(-c3ccn4nc(NCC5(F)COC5)ncc34)nc2n1CCF. The van der Waals surface area contributed by atoms with Crippen molar-refractivity contribution in [1.82, 2.24) is 29.1 Å². The number of alkyl halides is 2. The van der Waals surface area contributed by atoms with Crippen molar-refractivity contribution in [3.63, 3.8) is 0 Å². The van der Waals surface area contributed by atoms with Crippen LogP contribution in [0.3, 0.4) is 0 Å². The monoisotopic (exact) mass is 399 g/mol. The highest BCUT2D eigenvalue weighted by Gasteiger charge is 2.38. The molecular formula is C19H19F2N7O. The van der Waals surface area contributed by atoms with E-state index in [0.717, 1.165) is 28.1 Å². The Morgan fingerprint density at radius 1 is 1.24 bits per heavy atom. The van der Waals surface area contributed by atoms with E-state index in [0.29, 0.717) is 11.6 Å². The summed E-state index contributed by atoms with van der Waals surface area (Å²) in [7, 11) is 0. The number of halogens is 2. The predicted octanol–water partition coefficient (Wildman–Crippen LogP) is 2.57. The van der Waals surface area contributed by atoms with Crippen LogP contribution >= 0.6 is 0 Å². The molecule has 29 heavy (non-hydrogen) atoms. The maximum absolute atomic E-state index is 14.1. The van der Waals surface area contributed by atoms with Gasteiger partial charge in [0.15, 0.2) is 11.3 Å². The Morgan fingerprint density at radius 2 is 2.10 bits per heavy atom. The highest BCUT2D eigenvalue weighted by molar-refractivity contribution is 5.82. The molecular weight excluding hydrogens is 380 g/mol. The van der Waals surface area contributed by atoms with Crippen molar-refractivity contribution in [2.75, 3.05) is 31.7 Å². The second-order valence-corrected chi connectivity index (χ2v) is 7.18. The minimum absolute atomic E-state index is 0.0858. The first-order valence-electron chi connectivity index (χ1n) is 9.31. The van der Waals surface area contributed by atoms with Gasteiger partial charge in [0.2, 0.25) is 5.95 Å². The van der Waals surface area contributed by atoms with Crippen LogP contribution in [0.25, 0.3) is 27.9 Å². The Labute approximate surface area is 164 Å². The summed E-state index contributed by atoms with van der Waals surface area (Å²) in [4.78, 5) is 13.4. The maximum atomic E-state index is 14.1. The molecule has 10 heteroatoms. The van der Waals surface area contributed by atoms with Gasteiger partial charge in [-0.05, 0) is 25.1 Å². The van der Waals surface area contributed by atoms with Gasteiger partial charge in [-0.2, -0.15) is 0 Å². The fourth-order valence-corrected chi connectivity index (χ4v) is 3.48. The van der Waals surface area contributed by atoms with Crippen molar-refractivity contribution in [2.45, 2.75) is 19.1 Å². The molecule has 0 radical (unpaired) electrons. The molecule has 1 fully saturated rings. The molecule has 0 aliphatic carbocycles. The highest BCUT2D eigenvalue weighted by atomic mass is 19.1. The average molecular weight is 399 g/mol. The van der Waals surface area contributed by atoms with Crippen LogP contribution in [0.1, 0.15) is 5.82 Å². The summed E-state index contributed by atoms with van der Waals surface area (Å²) in [6, 6.07) is 5.64. The van der Waals surface area contributed by atoms with E-state index in [1.54, 1.807) is 21.5 Å². The molecule has 1 aliphatic rings. The lowest BCUT2D eigenvalue weighted by Gasteiger charge is -2.33. The lowest BCUT2D eigenvalue weighted by molar-refractivity contribution is -0.121. The van der Waals surface area contributed by atoms with Gasteiger partial charge < -0.3 is 14.6 Å². The molecule has 1 N–H and O–H groups in total. The molecule has 4 aromatic heterocycles. The zero-order valence-electron chi connectivity index (χ0n) is 15.8. The number of rotatable bonds is 6. The summed E-state index contributed by atoms with van der Waals surface area (Å²) < 4.78 is 35.3. The Kier molecular flexibility index (Phi) is 4.16. The number of fused-ring (bicyclic) bond motifs is 2. The van der Waals surface area contributed by atoms with Crippen molar-refractivity contribution < 1.29 is 13.5 Å². The zero-order chi connectivity index (χ0) is 20.0. The predicted molar refractivity (Wildman–Crippen MR) is 103 cm³/mol. The summed E-state index contributed by atoms with van der Waals surface area (Å²) in [5.41, 5.74) is 2.34. The Hall–Kier alpha value is -3.14. The van der Waals surface area contributed by atoms with Crippen LogP contribution in [-0.2, 0) is 11.3 Å². The van der Waals surface area contributed by atoms with Crippen LogP contribution in [0.15, 0.2) is 30.6 Å². The smallest absolute Gasteiger partial charge is 0.241 e. The van der Waals surface area contributed by atoms with Crippen molar-refractivity contribution in [2.24, 2.45) is 0 Å².